The van der Waals surface area contributed by atoms with Gasteiger partial charge >= 0.3 is 0 Å². The fraction of sp³-hybridized carbons (Fsp3) is 0.0952. The molecule has 148 valence electrons. The normalized spacial score (nSPS) is 10.8. The predicted octanol–water partition coefficient (Wildman–Crippen LogP) is 6.14. The maximum Gasteiger partial charge on any atom is 0.269 e. The van der Waals surface area contributed by atoms with Gasteiger partial charge in [-0.3, -0.25) is 10.1 Å². The molecule has 0 saturated carbocycles. The summed E-state index contributed by atoms with van der Waals surface area (Å²) in [4.78, 5) is 15.7. The third-order valence-electron chi connectivity index (χ3n) is 3.93. The molecule has 0 aliphatic carbocycles. The summed E-state index contributed by atoms with van der Waals surface area (Å²) < 4.78 is 6.75. The molecule has 0 bridgehead atoms. The first-order valence-corrected chi connectivity index (χ1v) is 9.74. The zero-order chi connectivity index (χ0) is 20.6. The summed E-state index contributed by atoms with van der Waals surface area (Å²) in [5.74, 6) is 0.621. The van der Waals surface area contributed by atoms with Gasteiger partial charge in [0.1, 0.15) is 19.0 Å². The van der Waals surface area contributed by atoms with E-state index in [4.69, 9.17) is 21.2 Å². The van der Waals surface area contributed by atoms with Crippen molar-refractivity contribution in [1.82, 2.24) is 0 Å². The number of hydrogen-bond acceptors (Lipinski definition) is 5. The third kappa shape index (κ3) is 6.04. The van der Waals surface area contributed by atoms with Crippen molar-refractivity contribution < 1.29 is 14.5 Å². The highest BCUT2D eigenvalue weighted by atomic mass is 79.9. The number of nitro benzene ring substituents is 1. The van der Waals surface area contributed by atoms with E-state index in [-0.39, 0.29) is 12.3 Å². The van der Waals surface area contributed by atoms with E-state index in [1.807, 2.05) is 42.5 Å². The SMILES string of the molecule is O=[N+]([O-])c1cccc(CO/N=C\c2cc(Br)ccc2OCc2ccccc2Cl)c1. The van der Waals surface area contributed by atoms with Gasteiger partial charge in [0.05, 0.1) is 11.1 Å². The van der Waals surface area contributed by atoms with Crippen molar-refractivity contribution in [2.24, 2.45) is 5.16 Å². The molecule has 3 aromatic rings. The first-order valence-electron chi connectivity index (χ1n) is 8.57. The van der Waals surface area contributed by atoms with Crippen molar-refractivity contribution in [3.05, 3.63) is 103 Å². The lowest BCUT2D eigenvalue weighted by molar-refractivity contribution is -0.384. The Morgan fingerprint density at radius 2 is 1.90 bits per heavy atom. The molecular weight excluding hydrogens is 460 g/mol. The van der Waals surface area contributed by atoms with Crippen molar-refractivity contribution in [1.29, 1.82) is 0 Å². The van der Waals surface area contributed by atoms with Crippen molar-refractivity contribution >= 4 is 39.4 Å². The zero-order valence-corrected chi connectivity index (χ0v) is 17.5. The highest BCUT2D eigenvalue weighted by Gasteiger charge is 2.07. The quantitative estimate of drug-likeness (QED) is 0.223. The summed E-state index contributed by atoms with van der Waals surface area (Å²) >= 11 is 9.60. The fourth-order valence-electron chi connectivity index (χ4n) is 2.49. The summed E-state index contributed by atoms with van der Waals surface area (Å²) in [6.45, 7) is 0.429. The van der Waals surface area contributed by atoms with Crippen LogP contribution in [0.25, 0.3) is 0 Å². The lowest BCUT2D eigenvalue weighted by Crippen LogP contribution is -1.99. The molecule has 0 amide bonds. The maximum absolute atomic E-state index is 10.8. The van der Waals surface area contributed by atoms with Gasteiger partial charge in [-0.2, -0.15) is 0 Å². The van der Waals surface area contributed by atoms with Crippen LogP contribution in [0, 0.1) is 10.1 Å². The van der Waals surface area contributed by atoms with Crippen LogP contribution in [0.2, 0.25) is 5.02 Å². The van der Waals surface area contributed by atoms with Crippen LogP contribution in [0.3, 0.4) is 0 Å². The van der Waals surface area contributed by atoms with Crippen LogP contribution in [-0.4, -0.2) is 11.1 Å². The molecular formula is C21H16BrClN2O4. The average molecular weight is 476 g/mol. The Morgan fingerprint density at radius 3 is 2.69 bits per heavy atom. The molecule has 0 aromatic heterocycles. The van der Waals surface area contributed by atoms with Crippen LogP contribution in [0.4, 0.5) is 5.69 Å². The summed E-state index contributed by atoms with van der Waals surface area (Å²) in [6, 6.07) is 19.2. The van der Waals surface area contributed by atoms with Gasteiger partial charge in [0.25, 0.3) is 5.69 Å². The van der Waals surface area contributed by atoms with Crippen LogP contribution < -0.4 is 4.74 Å². The smallest absolute Gasteiger partial charge is 0.269 e. The Kier molecular flexibility index (Phi) is 7.21. The summed E-state index contributed by atoms with van der Waals surface area (Å²) in [6.07, 6.45) is 1.53. The Morgan fingerprint density at radius 1 is 1.07 bits per heavy atom. The minimum Gasteiger partial charge on any atom is -0.488 e. The van der Waals surface area contributed by atoms with Crippen molar-refractivity contribution in [2.45, 2.75) is 13.2 Å². The second kappa shape index (κ2) is 10.0. The first kappa shape index (κ1) is 20.8. The minimum absolute atomic E-state index is 0.0114. The Labute approximate surface area is 181 Å². The number of nitro groups is 1. The zero-order valence-electron chi connectivity index (χ0n) is 15.1. The lowest BCUT2D eigenvalue weighted by atomic mass is 10.2. The van der Waals surface area contributed by atoms with Crippen LogP contribution >= 0.6 is 27.5 Å². The third-order valence-corrected chi connectivity index (χ3v) is 4.79. The number of non-ortho nitro benzene ring substituents is 1. The number of rotatable bonds is 8. The number of benzene rings is 3. The largest absolute Gasteiger partial charge is 0.488 e. The topological polar surface area (TPSA) is 74.0 Å². The second-order valence-electron chi connectivity index (χ2n) is 6.00. The molecule has 8 heteroatoms. The Bertz CT molecular complexity index is 1040. The standard InChI is InChI=1S/C21H16BrClN2O4/c22-18-8-9-21(28-14-16-5-1-2-7-20(16)23)17(11-18)12-24-29-13-15-4-3-6-19(10-15)25(26)27/h1-12H,13-14H2/b24-12-. The Balaban J connectivity index is 1.65. The van der Waals surface area contributed by atoms with Gasteiger partial charge in [-0.1, -0.05) is 63.0 Å². The van der Waals surface area contributed by atoms with E-state index in [1.165, 1.54) is 18.3 Å². The van der Waals surface area contributed by atoms with Gasteiger partial charge in [-0.05, 0) is 29.8 Å². The van der Waals surface area contributed by atoms with Gasteiger partial charge in [0, 0.05) is 32.8 Å². The molecule has 3 aromatic carbocycles. The monoisotopic (exact) mass is 474 g/mol. The number of hydrogen-bond donors (Lipinski definition) is 0. The number of nitrogens with zero attached hydrogens (tertiary/aromatic N) is 2. The molecule has 0 heterocycles. The van der Waals surface area contributed by atoms with E-state index in [0.29, 0.717) is 28.5 Å². The van der Waals surface area contributed by atoms with E-state index < -0.39 is 4.92 Å². The van der Waals surface area contributed by atoms with Crippen molar-refractivity contribution in [3.8, 4) is 5.75 Å². The minimum atomic E-state index is -0.448. The second-order valence-corrected chi connectivity index (χ2v) is 7.32. The van der Waals surface area contributed by atoms with Gasteiger partial charge in [0.15, 0.2) is 0 Å². The molecule has 0 aliphatic rings. The predicted molar refractivity (Wildman–Crippen MR) is 115 cm³/mol. The first-order chi connectivity index (χ1) is 14.0. The van der Waals surface area contributed by atoms with Gasteiger partial charge in [0.2, 0.25) is 0 Å². The molecule has 0 atom stereocenters. The number of oxime groups is 1. The molecule has 0 spiro atoms. The molecule has 0 aliphatic heterocycles. The van der Waals surface area contributed by atoms with Crippen molar-refractivity contribution in [3.63, 3.8) is 0 Å². The fourth-order valence-corrected chi connectivity index (χ4v) is 3.06. The van der Waals surface area contributed by atoms with Crippen LogP contribution in [0.15, 0.2) is 76.4 Å². The van der Waals surface area contributed by atoms with E-state index in [9.17, 15) is 10.1 Å². The van der Waals surface area contributed by atoms with E-state index >= 15 is 0 Å². The van der Waals surface area contributed by atoms with Gasteiger partial charge < -0.3 is 9.57 Å². The molecule has 3 rings (SSSR count). The maximum atomic E-state index is 10.8. The van der Waals surface area contributed by atoms with Crippen LogP contribution in [0.5, 0.6) is 5.75 Å². The molecule has 29 heavy (non-hydrogen) atoms. The summed E-state index contributed by atoms with van der Waals surface area (Å²) in [5.41, 5.74) is 2.26. The molecule has 0 saturated heterocycles. The molecule has 0 unspecified atom stereocenters. The highest BCUT2D eigenvalue weighted by Crippen LogP contribution is 2.24. The lowest BCUT2D eigenvalue weighted by Gasteiger charge is -2.10. The molecule has 6 nitrogen and oxygen atoms in total. The molecule has 0 fully saturated rings. The Hall–Kier alpha value is -2.90. The molecule has 0 radical (unpaired) electrons. The van der Waals surface area contributed by atoms with Crippen LogP contribution in [-0.2, 0) is 18.1 Å². The van der Waals surface area contributed by atoms with Gasteiger partial charge in [-0.25, -0.2) is 0 Å². The number of ether oxygens (including phenoxy) is 1. The summed E-state index contributed by atoms with van der Waals surface area (Å²) in [7, 11) is 0. The molecule has 0 N–H and O–H groups in total. The number of halogens is 2. The van der Waals surface area contributed by atoms with E-state index in [2.05, 4.69) is 21.1 Å². The summed E-state index contributed by atoms with van der Waals surface area (Å²) in [5, 5.41) is 15.4. The highest BCUT2D eigenvalue weighted by molar-refractivity contribution is 9.10. The van der Waals surface area contributed by atoms with E-state index in [1.54, 1.807) is 12.1 Å². The van der Waals surface area contributed by atoms with Crippen molar-refractivity contribution in [2.75, 3.05) is 0 Å². The van der Waals surface area contributed by atoms with Gasteiger partial charge in [-0.15, -0.1) is 0 Å². The van der Waals surface area contributed by atoms with E-state index in [0.717, 1.165) is 10.0 Å². The average Bonchev–Trinajstić information content (AvgIpc) is 2.72. The van der Waals surface area contributed by atoms with Crippen LogP contribution in [0.1, 0.15) is 16.7 Å².